The second kappa shape index (κ2) is 8.83. The number of aromatic nitrogens is 2. The first-order chi connectivity index (χ1) is 14.9. The van der Waals surface area contributed by atoms with Gasteiger partial charge in [0.2, 0.25) is 11.7 Å². The van der Waals surface area contributed by atoms with Gasteiger partial charge in [-0.25, -0.2) is 0 Å². The van der Waals surface area contributed by atoms with E-state index in [1.807, 2.05) is 19.1 Å². The molecule has 1 saturated heterocycles. The van der Waals surface area contributed by atoms with Gasteiger partial charge in [0, 0.05) is 54.5 Å². The van der Waals surface area contributed by atoms with E-state index in [9.17, 15) is 14.9 Å². The topological polar surface area (TPSA) is 106 Å². The molecule has 0 N–H and O–H groups in total. The number of non-ortho nitro benzene ring substituents is 1. The lowest BCUT2D eigenvalue weighted by molar-refractivity contribution is -0.384. The number of nitro benzene ring substituents is 1. The molecule has 0 aliphatic carbocycles. The maximum Gasteiger partial charge on any atom is 0.269 e. The summed E-state index contributed by atoms with van der Waals surface area (Å²) in [6.45, 7) is 4.38. The lowest BCUT2D eigenvalue weighted by atomic mass is 10.1. The number of halogens is 1. The molecule has 0 radical (unpaired) electrons. The average molecular weight is 442 g/mol. The van der Waals surface area contributed by atoms with Crippen LogP contribution in [0.2, 0.25) is 5.02 Å². The minimum absolute atomic E-state index is 0.0345. The normalized spacial score (nSPS) is 15.6. The number of carbonyl (C=O) groups is 1. The predicted molar refractivity (Wildman–Crippen MR) is 114 cm³/mol. The molecule has 1 aliphatic rings. The molecule has 1 fully saturated rings. The SMILES string of the molecule is CC(c1nc(-c2ccc(Cl)cc2)no1)N1CCN(C(=O)c2ccc([N+](=O)[O-])cc2)CC1. The van der Waals surface area contributed by atoms with E-state index in [0.29, 0.717) is 48.5 Å². The van der Waals surface area contributed by atoms with Crippen molar-refractivity contribution in [2.24, 2.45) is 0 Å². The highest BCUT2D eigenvalue weighted by molar-refractivity contribution is 6.30. The highest BCUT2D eigenvalue weighted by atomic mass is 35.5. The van der Waals surface area contributed by atoms with Gasteiger partial charge in [-0.05, 0) is 43.3 Å². The van der Waals surface area contributed by atoms with Crippen molar-refractivity contribution in [2.45, 2.75) is 13.0 Å². The van der Waals surface area contributed by atoms with Crippen molar-refractivity contribution in [2.75, 3.05) is 26.2 Å². The molecule has 31 heavy (non-hydrogen) atoms. The molecule has 0 bridgehead atoms. The molecule has 2 heterocycles. The number of carbonyl (C=O) groups excluding carboxylic acids is 1. The van der Waals surface area contributed by atoms with Crippen LogP contribution in [-0.4, -0.2) is 56.9 Å². The zero-order valence-corrected chi connectivity index (χ0v) is 17.5. The van der Waals surface area contributed by atoms with E-state index >= 15 is 0 Å². The minimum atomic E-state index is -0.482. The number of nitrogens with zero attached hydrogens (tertiary/aromatic N) is 5. The van der Waals surface area contributed by atoms with Gasteiger partial charge in [-0.1, -0.05) is 16.8 Å². The maximum absolute atomic E-state index is 12.7. The third-order valence-electron chi connectivity index (χ3n) is 5.38. The van der Waals surface area contributed by atoms with Crippen molar-refractivity contribution < 1.29 is 14.2 Å². The van der Waals surface area contributed by atoms with Crippen LogP contribution in [0.1, 0.15) is 29.2 Å². The molecular weight excluding hydrogens is 422 g/mol. The van der Waals surface area contributed by atoms with Crippen LogP contribution in [0.3, 0.4) is 0 Å². The molecule has 3 aromatic rings. The summed E-state index contributed by atoms with van der Waals surface area (Å²) < 4.78 is 5.47. The first-order valence-electron chi connectivity index (χ1n) is 9.79. The molecule has 2 aromatic carbocycles. The third-order valence-corrected chi connectivity index (χ3v) is 5.63. The Bertz CT molecular complexity index is 1080. The van der Waals surface area contributed by atoms with E-state index in [-0.39, 0.29) is 17.6 Å². The first kappa shape index (κ1) is 21.0. The summed E-state index contributed by atoms with van der Waals surface area (Å²) in [5.41, 5.74) is 1.23. The molecule has 1 unspecified atom stereocenters. The van der Waals surface area contributed by atoms with Gasteiger partial charge in [0.25, 0.3) is 11.6 Å². The van der Waals surface area contributed by atoms with E-state index in [2.05, 4.69) is 15.0 Å². The Morgan fingerprint density at radius 2 is 1.74 bits per heavy atom. The predicted octanol–water partition coefficient (Wildman–Crippen LogP) is 3.82. The fourth-order valence-corrected chi connectivity index (χ4v) is 3.62. The number of rotatable bonds is 5. The van der Waals surface area contributed by atoms with Crippen molar-refractivity contribution in [3.8, 4) is 11.4 Å². The molecule has 1 aliphatic heterocycles. The van der Waals surface area contributed by atoms with Crippen molar-refractivity contribution in [3.63, 3.8) is 0 Å². The van der Waals surface area contributed by atoms with Gasteiger partial charge in [-0.3, -0.25) is 19.8 Å². The highest BCUT2D eigenvalue weighted by Crippen LogP contribution is 2.25. The molecule has 0 saturated carbocycles. The fourth-order valence-electron chi connectivity index (χ4n) is 3.50. The van der Waals surface area contributed by atoms with Gasteiger partial charge in [0.1, 0.15) is 0 Å². The molecule has 1 aromatic heterocycles. The number of benzene rings is 2. The van der Waals surface area contributed by atoms with E-state index in [4.69, 9.17) is 16.1 Å². The number of piperazine rings is 1. The van der Waals surface area contributed by atoms with Crippen LogP contribution in [0.15, 0.2) is 53.1 Å². The number of hydrogen-bond donors (Lipinski definition) is 0. The first-order valence-corrected chi connectivity index (χ1v) is 10.2. The van der Waals surface area contributed by atoms with Crippen LogP contribution in [0.5, 0.6) is 0 Å². The van der Waals surface area contributed by atoms with Gasteiger partial charge >= 0.3 is 0 Å². The summed E-state index contributed by atoms with van der Waals surface area (Å²) >= 11 is 5.92. The fraction of sp³-hybridized carbons (Fsp3) is 0.286. The van der Waals surface area contributed by atoms with Crippen LogP contribution >= 0.6 is 11.6 Å². The lowest BCUT2D eigenvalue weighted by Crippen LogP contribution is -2.49. The van der Waals surface area contributed by atoms with Crippen molar-refractivity contribution in [3.05, 3.63) is 75.1 Å². The zero-order valence-electron chi connectivity index (χ0n) is 16.8. The Kier molecular flexibility index (Phi) is 5.97. The van der Waals surface area contributed by atoms with Gasteiger partial charge in [-0.2, -0.15) is 4.98 Å². The summed E-state index contributed by atoms with van der Waals surface area (Å²) in [5.74, 6) is 0.885. The molecule has 160 valence electrons. The van der Waals surface area contributed by atoms with Gasteiger partial charge in [0.05, 0.1) is 11.0 Å². The van der Waals surface area contributed by atoms with Crippen LogP contribution in [0.25, 0.3) is 11.4 Å². The van der Waals surface area contributed by atoms with E-state index in [1.165, 1.54) is 24.3 Å². The molecule has 9 nitrogen and oxygen atoms in total. The van der Waals surface area contributed by atoms with Crippen LogP contribution in [0.4, 0.5) is 5.69 Å². The highest BCUT2D eigenvalue weighted by Gasteiger charge is 2.28. The van der Waals surface area contributed by atoms with Crippen LogP contribution < -0.4 is 0 Å². The number of hydrogen-bond acceptors (Lipinski definition) is 7. The molecule has 10 heteroatoms. The molecule has 0 spiro atoms. The van der Waals surface area contributed by atoms with Gasteiger partial charge in [-0.15, -0.1) is 0 Å². The number of nitro groups is 1. The Morgan fingerprint density at radius 3 is 2.35 bits per heavy atom. The summed E-state index contributed by atoms with van der Waals surface area (Å²) in [6.07, 6.45) is 0. The average Bonchev–Trinajstić information content (AvgIpc) is 3.29. The van der Waals surface area contributed by atoms with Crippen molar-refractivity contribution >= 4 is 23.2 Å². The van der Waals surface area contributed by atoms with Crippen molar-refractivity contribution in [1.82, 2.24) is 19.9 Å². The summed E-state index contributed by atoms with van der Waals surface area (Å²) in [6, 6.07) is 12.8. The van der Waals surface area contributed by atoms with Gasteiger partial charge in [0.15, 0.2) is 0 Å². The quantitative estimate of drug-likeness (QED) is 0.437. The largest absolute Gasteiger partial charge is 0.337 e. The van der Waals surface area contributed by atoms with Crippen LogP contribution in [-0.2, 0) is 0 Å². The Labute approximate surface area is 183 Å². The Balaban J connectivity index is 1.36. The van der Waals surface area contributed by atoms with E-state index in [1.54, 1.807) is 17.0 Å². The molecule has 1 atom stereocenters. The summed E-state index contributed by atoms with van der Waals surface area (Å²) in [4.78, 5) is 31.4. The summed E-state index contributed by atoms with van der Waals surface area (Å²) in [5, 5.41) is 15.5. The smallest absolute Gasteiger partial charge is 0.269 e. The lowest BCUT2D eigenvalue weighted by Gasteiger charge is -2.36. The van der Waals surface area contributed by atoms with Crippen LogP contribution in [0, 0.1) is 10.1 Å². The monoisotopic (exact) mass is 441 g/mol. The number of amides is 1. The minimum Gasteiger partial charge on any atom is -0.337 e. The molecule has 4 rings (SSSR count). The second-order valence-electron chi connectivity index (χ2n) is 7.27. The van der Waals surface area contributed by atoms with Gasteiger partial charge < -0.3 is 9.42 Å². The van der Waals surface area contributed by atoms with E-state index in [0.717, 1.165) is 5.56 Å². The third kappa shape index (κ3) is 4.57. The Hall–Kier alpha value is -3.30. The second-order valence-corrected chi connectivity index (χ2v) is 7.71. The van der Waals surface area contributed by atoms with Crippen molar-refractivity contribution in [1.29, 1.82) is 0 Å². The molecular formula is C21H20ClN5O4. The van der Waals surface area contributed by atoms with E-state index < -0.39 is 4.92 Å². The summed E-state index contributed by atoms with van der Waals surface area (Å²) in [7, 11) is 0. The Morgan fingerprint density at radius 1 is 1.10 bits per heavy atom. The standard InChI is InChI=1S/C21H20ClN5O4/c1-14(20-23-19(24-31-20)15-2-6-17(22)7-3-15)25-10-12-26(13-11-25)21(28)16-4-8-18(9-5-16)27(29)30/h2-9,14H,10-13H2,1H3. The molecule has 1 amide bonds. The zero-order chi connectivity index (χ0) is 22.0. The maximum atomic E-state index is 12.7.